The Morgan fingerprint density at radius 1 is 1.22 bits per heavy atom. The van der Waals surface area contributed by atoms with Gasteiger partial charge in [0, 0.05) is 31.7 Å². The number of amides is 1. The van der Waals surface area contributed by atoms with Gasteiger partial charge in [0.1, 0.15) is 11.9 Å². The second-order valence-corrected chi connectivity index (χ2v) is 5.16. The molecular weight excluding hydrogens is 292 g/mol. The van der Waals surface area contributed by atoms with Crippen molar-refractivity contribution in [2.45, 2.75) is 6.04 Å². The second kappa shape index (κ2) is 6.31. The van der Waals surface area contributed by atoms with Crippen LogP contribution in [-0.2, 0) is 7.05 Å². The van der Waals surface area contributed by atoms with E-state index < -0.39 is 0 Å². The van der Waals surface area contributed by atoms with Gasteiger partial charge in [0.05, 0.1) is 5.56 Å². The highest BCUT2D eigenvalue weighted by atomic mass is 16.2. The van der Waals surface area contributed by atoms with Crippen molar-refractivity contribution in [1.29, 1.82) is 0 Å². The summed E-state index contributed by atoms with van der Waals surface area (Å²) in [6.07, 6.45) is 4.92. The fourth-order valence-corrected chi connectivity index (χ4v) is 2.36. The van der Waals surface area contributed by atoms with E-state index in [0.29, 0.717) is 5.56 Å². The van der Waals surface area contributed by atoms with Gasteiger partial charge in [-0.25, -0.2) is 4.98 Å². The molecule has 2 aromatic heterocycles. The maximum atomic E-state index is 12.5. The molecular formula is C17H16N4O2. The minimum absolute atomic E-state index is 0.245. The number of rotatable bonds is 4. The van der Waals surface area contributed by atoms with Crippen LogP contribution in [0.4, 0.5) is 0 Å². The quantitative estimate of drug-likeness (QED) is 0.769. The second-order valence-electron chi connectivity index (χ2n) is 5.16. The maximum absolute atomic E-state index is 12.5. The first-order chi connectivity index (χ1) is 11.1. The van der Waals surface area contributed by atoms with E-state index in [9.17, 15) is 9.59 Å². The third-order valence-corrected chi connectivity index (χ3v) is 3.57. The molecule has 0 spiro atoms. The molecule has 0 saturated heterocycles. The molecule has 0 radical (unpaired) electrons. The Morgan fingerprint density at radius 3 is 2.61 bits per heavy atom. The van der Waals surface area contributed by atoms with E-state index in [0.717, 1.165) is 11.4 Å². The van der Waals surface area contributed by atoms with E-state index in [1.165, 1.54) is 18.3 Å². The largest absolute Gasteiger partial charge is 0.338 e. The number of pyridine rings is 1. The number of hydrogen-bond acceptors (Lipinski definition) is 3. The molecule has 1 aromatic carbocycles. The molecule has 3 rings (SSSR count). The molecule has 0 aliphatic rings. The van der Waals surface area contributed by atoms with Crippen molar-refractivity contribution in [2.75, 3.05) is 0 Å². The summed E-state index contributed by atoms with van der Waals surface area (Å²) in [5.74, 6) is 0.451. The van der Waals surface area contributed by atoms with Gasteiger partial charge in [-0.3, -0.25) is 9.59 Å². The van der Waals surface area contributed by atoms with Crippen molar-refractivity contribution in [3.8, 4) is 0 Å². The van der Waals surface area contributed by atoms with Crippen molar-refractivity contribution in [2.24, 2.45) is 7.05 Å². The van der Waals surface area contributed by atoms with Crippen molar-refractivity contribution in [3.63, 3.8) is 0 Å². The van der Waals surface area contributed by atoms with Crippen molar-refractivity contribution in [1.82, 2.24) is 19.9 Å². The van der Waals surface area contributed by atoms with E-state index in [1.807, 2.05) is 48.1 Å². The molecule has 23 heavy (non-hydrogen) atoms. The standard InChI is InChI=1S/C17H16N4O2/c1-21-10-9-18-16(21)15(12-5-3-2-4-6-12)20-17(23)13-7-8-14(22)19-11-13/h2-11,15H,1H3,(H,19,22)(H,20,23). The zero-order valence-electron chi connectivity index (χ0n) is 12.6. The van der Waals surface area contributed by atoms with Gasteiger partial charge in [-0.15, -0.1) is 0 Å². The van der Waals surface area contributed by atoms with E-state index >= 15 is 0 Å². The number of imidazole rings is 1. The fraction of sp³-hybridized carbons (Fsp3) is 0.118. The van der Waals surface area contributed by atoms with Crippen molar-refractivity contribution >= 4 is 5.91 Å². The summed E-state index contributed by atoms with van der Waals surface area (Å²) >= 11 is 0. The molecule has 6 nitrogen and oxygen atoms in total. The third-order valence-electron chi connectivity index (χ3n) is 3.57. The highest BCUT2D eigenvalue weighted by Crippen LogP contribution is 2.20. The van der Waals surface area contributed by atoms with Gasteiger partial charge in [-0.05, 0) is 11.6 Å². The first-order valence-corrected chi connectivity index (χ1v) is 7.17. The first-order valence-electron chi connectivity index (χ1n) is 7.17. The molecule has 1 atom stereocenters. The molecule has 116 valence electrons. The highest BCUT2D eigenvalue weighted by molar-refractivity contribution is 5.94. The smallest absolute Gasteiger partial charge is 0.253 e. The summed E-state index contributed by atoms with van der Waals surface area (Å²) in [5, 5.41) is 2.97. The van der Waals surface area contributed by atoms with Crippen LogP contribution in [0.1, 0.15) is 27.8 Å². The lowest BCUT2D eigenvalue weighted by atomic mass is 10.1. The highest BCUT2D eigenvalue weighted by Gasteiger charge is 2.21. The minimum Gasteiger partial charge on any atom is -0.338 e. The Kier molecular flexibility index (Phi) is 4.05. The maximum Gasteiger partial charge on any atom is 0.253 e. The Morgan fingerprint density at radius 2 is 2.00 bits per heavy atom. The first kappa shape index (κ1) is 14.8. The average Bonchev–Trinajstić information content (AvgIpc) is 2.99. The number of nitrogens with one attached hydrogen (secondary N) is 2. The molecule has 2 N–H and O–H groups in total. The summed E-state index contributed by atoms with van der Waals surface area (Å²) in [5.41, 5.74) is 1.07. The van der Waals surface area contributed by atoms with Crippen molar-refractivity contribution < 1.29 is 4.79 Å². The number of carbonyl (C=O) groups excluding carboxylic acids is 1. The Balaban J connectivity index is 1.93. The van der Waals surface area contributed by atoms with Gasteiger partial charge < -0.3 is 14.9 Å². The molecule has 0 aliphatic heterocycles. The molecule has 2 heterocycles. The van der Waals surface area contributed by atoms with Crippen molar-refractivity contribution in [3.05, 3.63) is 88.4 Å². The van der Waals surface area contributed by atoms with Gasteiger partial charge in [0.15, 0.2) is 0 Å². The van der Waals surface area contributed by atoms with E-state index in [2.05, 4.69) is 15.3 Å². The fourth-order valence-electron chi connectivity index (χ4n) is 2.36. The zero-order chi connectivity index (χ0) is 16.2. The van der Waals surface area contributed by atoms with Crippen LogP contribution in [0, 0.1) is 0 Å². The SMILES string of the molecule is Cn1ccnc1C(NC(=O)c1ccc(=O)[nH]c1)c1ccccc1. The molecule has 0 bridgehead atoms. The predicted octanol–water partition coefficient (Wildman–Crippen LogP) is 1.63. The number of aromatic amines is 1. The van der Waals surface area contributed by atoms with Crippen LogP contribution in [-0.4, -0.2) is 20.4 Å². The number of aromatic nitrogens is 3. The molecule has 1 unspecified atom stereocenters. The summed E-state index contributed by atoms with van der Waals surface area (Å²) in [6, 6.07) is 12.1. The van der Waals surface area contributed by atoms with Gasteiger partial charge in [0.25, 0.3) is 5.91 Å². The normalized spacial score (nSPS) is 11.9. The average molecular weight is 308 g/mol. The minimum atomic E-state index is -0.379. The Labute approximate surface area is 132 Å². The van der Waals surface area contributed by atoms with E-state index in [-0.39, 0.29) is 17.5 Å². The van der Waals surface area contributed by atoms with Gasteiger partial charge >= 0.3 is 0 Å². The lowest BCUT2D eigenvalue weighted by Crippen LogP contribution is -2.31. The van der Waals surface area contributed by atoms with Crippen LogP contribution in [0.5, 0.6) is 0 Å². The summed E-state index contributed by atoms with van der Waals surface area (Å²) < 4.78 is 1.87. The van der Waals surface area contributed by atoms with E-state index in [4.69, 9.17) is 0 Å². The monoisotopic (exact) mass is 308 g/mol. The summed E-state index contributed by atoms with van der Waals surface area (Å²) in [7, 11) is 1.88. The van der Waals surface area contributed by atoms with Gasteiger partial charge in [0.2, 0.25) is 5.56 Å². The van der Waals surface area contributed by atoms with E-state index in [1.54, 1.807) is 6.20 Å². The lowest BCUT2D eigenvalue weighted by Gasteiger charge is -2.19. The number of aryl methyl sites for hydroxylation is 1. The van der Waals surface area contributed by atoms with Crippen LogP contribution in [0.15, 0.2) is 65.8 Å². The molecule has 0 fully saturated rings. The van der Waals surface area contributed by atoms with Crippen LogP contribution in [0.25, 0.3) is 0 Å². The predicted molar refractivity (Wildman–Crippen MR) is 86.0 cm³/mol. The Bertz CT molecular complexity index is 847. The van der Waals surface area contributed by atoms with Gasteiger partial charge in [-0.1, -0.05) is 30.3 Å². The topological polar surface area (TPSA) is 79.8 Å². The summed E-state index contributed by atoms with van der Waals surface area (Å²) in [4.78, 5) is 30.4. The number of H-pyrrole nitrogens is 1. The number of nitrogens with zero attached hydrogens (tertiary/aromatic N) is 2. The Hall–Kier alpha value is -3.15. The van der Waals surface area contributed by atoms with Crippen LogP contribution in [0.2, 0.25) is 0 Å². The van der Waals surface area contributed by atoms with Crippen LogP contribution >= 0.6 is 0 Å². The molecule has 6 heteroatoms. The molecule has 3 aromatic rings. The number of hydrogen-bond donors (Lipinski definition) is 2. The van der Waals surface area contributed by atoms with Gasteiger partial charge in [-0.2, -0.15) is 0 Å². The van der Waals surface area contributed by atoms with Crippen LogP contribution < -0.4 is 10.9 Å². The van der Waals surface area contributed by atoms with Crippen LogP contribution in [0.3, 0.4) is 0 Å². The summed E-state index contributed by atoms with van der Waals surface area (Å²) in [6.45, 7) is 0. The number of carbonyl (C=O) groups is 1. The molecule has 0 saturated carbocycles. The molecule has 0 aliphatic carbocycles. The number of benzene rings is 1. The third kappa shape index (κ3) is 3.21. The molecule has 1 amide bonds. The zero-order valence-corrected chi connectivity index (χ0v) is 12.6. The lowest BCUT2D eigenvalue weighted by molar-refractivity contribution is 0.0940.